The van der Waals surface area contributed by atoms with Gasteiger partial charge in [-0.1, -0.05) is 35.9 Å². The Morgan fingerprint density at radius 2 is 1.69 bits per heavy atom. The maximum Gasteiger partial charge on any atom is 0.337 e. The molecular weight excluding hydrogens is 441 g/mol. The molecule has 0 fully saturated rings. The number of hydrogen-bond acceptors (Lipinski definition) is 3. The van der Waals surface area contributed by atoms with Crippen molar-refractivity contribution in [2.45, 2.75) is 26.9 Å². The number of aliphatic imine (C=N–C) groups is 1. The maximum atomic E-state index is 11.4. The molecule has 0 aliphatic carbocycles. The molecule has 2 rings (SSSR count). The predicted molar refractivity (Wildman–Crippen MR) is 116 cm³/mol. The number of hydrogen-bond donors (Lipinski definition) is 2. The molecule has 0 aliphatic heterocycles. The first-order valence-corrected chi connectivity index (χ1v) is 8.21. The van der Waals surface area contributed by atoms with Crippen molar-refractivity contribution in [2.75, 3.05) is 14.2 Å². The highest BCUT2D eigenvalue weighted by molar-refractivity contribution is 14.0. The molecule has 2 aromatic carbocycles. The molecule has 2 aromatic rings. The van der Waals surface area contributed by atoms with Crippen molar-refractivity contribution in [3.8, 4) is 0 Å². The third-order valence-corrected chi connectivity index (χ3v) is 4.00. The summed E-state index contributed by atoms with van der Waals surface area (Å²) in [5.41, 5.74) is 5.38. The van der Waals surface area contributed by atoms with E-state index >= 15 is 0 Å². The molecule has 6 heteroatoms. The van der Waals surface area contributed by atoms with Gasteiger partial charge in [0.05, 0.1) is 12.7 Å². The highest BCUT2D eigenvalue weighted by Gasteiger charge is 2.05. The zero-order valence-corrected chi connectivity index (χ0v) is 18.0. The third-order valence-electron chi connectivity index (χ3n) is 4.00. The number of carbonyl (C=O) groups is 1. The third kappa shape index (κ3) is 6.33. The molecule has 0 aromatic heterocycles. The SMILES string of the molecule is CN=C(NCc1ccc(C(=O)OC)cc1)NCc1ccc(C)cc1C.I. The van der Waals surface area contributed by atoms with Gasteiger partial charge in [0.25, 0.3) is 0 Å². The number of nitrogens with zero attached hydrogens (tertiary/aromatic N) is 1. The van der Waals surface area contributed by atoms with Crippen LogP contribution in [0.1, 0.15) is 32.6 Å². The first kappa shape index (κ1) is 22.0. The van der Waals surface area contributed by atoms with Gasteiger partial charge in [-0.25, -0.2) is 4.79 Å². The minimum Gasteiger partial charge on any atom is -0.465 e. The Hall–Kier alpha value is -2.09. The number of rotatable bonds is 5. The van der Waals surface area contributed by atoms with Gasteiger partial charge in [0.15, 0.2) is 5.96 Å². The second kappa shape index (κ2) is 10.8. The summed E-state index contributed by atoms with van der Waals surface area (Å²) in [6, 6.07) is 13.7. The van der Waals surface area contributed by atoms with Crippen LogP contribution >= 0.6 is 24.0 Å². The Bertz CT molecular complexity index is 758. The molecule has 0 atom stereocenters. The molecule has 0 saturated heterocycles. The molecule has 0 bridgehead atoms. The lowest BCUT2D eigenvalue weighted by atomic mass is 10.1. The Kier molecular flexibility index (Phi) is 9.12. The summed E-state index contributed by atoms with van der Waals surface area (Å²) >= 11 is 0. The van der Waals surface area contributed by atoms with Crippen molar-refractivity contribution >= 4 is 35.9 Å². The average Bonchev–Trinajstić information content (AvgIpc) is 2.63. The van der Waals surface area contributed by atoms with Crippen LogP contribution in [-0.4, -0.2) is 26.1 Å². The number of halogens is 1. The smallest absolute Gasteiger partial charge is 0.337 e. The Morgan fingerprint density at radius 1 is 1.04 bits per heavy atom. The number of ether oxygens (including phenoxy) is 1. The van der Waals surface area contributed by atoms with E-state index in [0.29, 0.717) is 18.7 Å². The summed E-state index contributed by atoms with van der Waals surface area (Å²) < 4.78 is 4.70. The minimum atomic E-state index is -0.328. The van der Waals surface area contributed by atoms with E-state index in [-0.39, 0.29) is 29.9 Å². The first-order chi connectivity index (χ1) is 12.0. The second-order valence-electron chi connectivity index (χ2n) is 5.90. The van der Waals surface area contributed by atoms with Crippen molar-refractivity contribution in [1.29, 1.82) is 0 Å². The van der Waals surface area contributed by atoms with Crippen molar-refractivity contribution in [1.82, 2.24) is 10.6 Å². The van der Waals surface area contributed by atoms with Gasteiger partial charge < -0.3 is 15.4 Å². The Labute approximate surface area is 172 Å². The zero-order valence-electron chi connectivity index (χ0n) is 15.6. The van der Waals surface area contributed by atoms with Crippen molar-refractivity contribution in [3.63, 3.8) is 0 Å². The number of carbonyl (C=O) groups excluding carboxylic acids is 1. The fraction of sp³-hybridized carbons (Fsp3) is 0.300. The summed E-state index contributed by atoms with van der Waals surface area (Å²) in [6.45, 7) is 5.54. The lowest BCUT2D eigenvalue weighted by Crippen LogP contribution is -2.36. The highest BCUT2D eigenvalue weighted by Crippen LogP contribution is 2.10. The molecule has 2 N–H and O–H groups in total. The summed E-state index contributed by atoms with van der Waals surface area (Å²) in [5, 5.41) is 6.59. The average molecular weight is 467 g/mol. The van der Waals surface area contributed by atoms with Gasteiger partial charge in [0.2, 0.25) is 0 Å². The quantitative estimate of drug-likeness (QED) is 0.306. The maximum absolute atomic E-state index is 11.4. The van der Waals surface area contributed by atoms with Crippen LogP contribution in [0.4, 0.5) is 0 Å². The number of guanidine groups is 1. The predicted octanol–water partition coefficient (Wildman–Crippen LogP) is 3.57. The highest BCUT2D eigenvalue weighted by atomic mass is 127. The topological polar surface area (TPSA) is 62.7 Å². The van der Waals surface area contributed by atoms with Gasteiger partial charge in [-0.05, 0) is 42.7 Å². The van der Waals surface area contributed by atoms with Crippen LogP contribution in [0.15, 0.2) is 47.5 Å². The van der Waals surface area contributed by atoms with Gasteiger partial charge in [-0.2, -0.15) is 0 Å². The summed E-state index contributed by atoms with van der Waals surface area (Å²) in [7, 11) is 3.13. The lowest BCUT2D eigenvalue weighted by Gasteiger charge is -2.13. The van der Waals surface area contributed by atoms with Crippen LogP contribution < -0.4 is 10.6 Å². The van der Waals surface area contributed by atoms with Crippen LogP contribution in [0.3, 0.4) is 0 Å². The molecule has 0 spiro atoms. The van der Waals surface area contributed by atoms with Crippen molar-refractivity contribution in [3.05, 3.63) is 70.3 Å². The van der Waals surface area contributed by atoms with E-state index in [1.165, 1.54) is 23.8 Å². The molecule has 5 nitrogen and oxygen atoms in total. The van der Waals surface area contributed by atoms with Gasteiger partial charge in [-0.3, -0.25) is 4.99 Å². The van der Waals surface area contributed by atoms with Gasteiger partial charge in [0, 0.05) is 20.1 Å². The number of nitrogens with one attached hydrogen (secondary N) is 2. The van der Waals surface area contributed by atoms with E-state index in [1.54, 1.807) is 19.2 Å². The van der Waals surface area contributed by atoms with Crippen LogP contribution in [0.5, 0.6) is 0 Å². The number of benzene rings is 2. The van der Waals surface area contributed by atoms with E-state index in [9.17, 15) is 4.79 Å². The monoisotopic (exact) mass is 467 g/mol. The molecule has 0 saturated carbocycles. The van der Waals surface area contributed by atoms with E-state index in [0.717, 1.165) is 11.5 Å². The Balaban J connectivity index is 0.00000338. The Morgan fingerprint density at radius 3 is 2.27 bits per heavy atom. The second-order valence-corrected chi connectivity index (χ2v) is 5.90. The van der Waals surface area contributed by atoms with Crippen LogP contribution in [0.2, 0.25) is 0 Å². The molecule has 26 heavy (non-hydrogen) atoms. The van der Waals surface area contributed by atoms with Crippen LogP contribution in [0, 0.1) is 13.8 Å². The number of esters is 1. The molecule has 0 amide bonds. The largest absolute Gasteiger partial charge is 0.465 e. The number of aryl methyl sites for hydroxylation is 2. The van der Waals surface area contributed by atoms with Crippen LogP contribution in [0.25, 0.3) is 0 Å². The van der Waals surface area contributed by atoms with E-state index in [1.807, 2.05) is 12.1 Å². The first-order valence-electron chi connectivity index (χ1n) is 8.21. The summed E-state index contributed by atoms with van der Waals surface area (Å²) in [6.07, 6.45) is 0. The standard InChI is InChI=1S/C20H25N3O2.HI/c1-14-5-8-18(15(2)11-14)13-23-20(21-3)22-12-16-6-9-17(10-7-16)19(24)25-4;/h5-11H,12-13H2,1-4H3,(H2,21,22,23);1H. The van der Waals surface area contributed by atoms with Crippen molar-refractivity contribution in [2.24, 2.45) is 4.99 Å². The molecule has 0 heterocycles. The van der Waals surface area contributed by atoms with E-state index < -0.39 is 0 Å². The minimum absolute atomic E-state index is 0. The van der Waals surface area contributed by atoms with Gasteiger partial charge in [-0.15, -0.1) is 24.0 Å². The summed E-state index contributed by atoms with van der Waals surface area (Å²) in [4.78, 5) is 15.7. The van der Waals surface area contributed by atoms with E-state index in [4.69, 9.17) is 4.74 Å². The molecule has 0 unspecified atom stereocenters. The summed E-state index contributed by atoms with van der Waals surface area (Å²) in [5.74, 6) is 0.405. The fourth-order valence-electron chi connectivity index (χ4n) is 2.51. The van der Waals surface area contributed by atoms with Gasteiger partial charge in [0.1, 0.15) is 0 Å². The van der Waals surface area contributed by atoms with Crippen molar-refractivity contribution < 1.29 is 9.53 Å². The normalized spacial score (nSPS) is 10.7. The lowest BCUT2D eigenvalue weighted by molar-refractivity contribution is 0.0600. The van der Waals surface area contributed by atoms with Crippen LogP contribution in [-0.2, 0) is 17.8 Å². The fourth-order valence-corrected chi connectivity index (χ4v) is 2.51. The molecule has 0 aliphatic rings. The molecular formula is C20H26IN3O2. The van der Waals surface area contributed by atoms with Gasteiger partial charge >= 0.3 is 5.97 Å². The molecule has 140 valence electrons. The molecule has 0 radical (unpaired) electrons. The number of methoxy groups -OCH3 is 1. The zero-order chi connectivity index (χ0) is 18.2. The van der Waals surface area contributed by atoms with E-state index in [2.05, 4.69) is 47.7 Å².